The molecule has 0 saturated heterocycles. The molecular weight excluding hydrogens is 294 g/mol. The molecule has 0 bridgehead atoms. The molecule has 2 rings (SSSR count). The molecule has 0 aromatic carbocycles. The third-order valence-electron chi connectivity index (χ3n) is 3.36. The zero-order valence-corrected chi connectivity index (χ0v) is 12.9. The summed E-state index contributed by atoms with van der Waals surface area (Å²) >= 11 is 0. The van der Waals surface area contributed by atoms with Gasteiger partial charge in [-0.05, 0) is 24.7 Å². The minimum atomic E-state index is -0.894. The first kappa shape index (κ1) is 19.9. The molecule has 2 saturated carbocycles. The molecule has 0 aliphatic heterocycles. The summed E-state index contributed by atoms with van der Waals surface area (Å²) in [6.07, 6.45) is 7.33. The topological polar surface area (TPSA) is 110 Å². The van der Waals surface area contributed by atoms with Crippen LogP contribution >= 0.6 is 0 Å². The monoisotopic (exact) mass is 312 g/mol. The molecule has 0 aromatic rings. The Kier molecular flexibility index (Phi) is 11.5. The van der Waals surface area contributed by atoms with E-state index in [-0.39, 0.29) is 38.1 Å². The van der Waals surface area contributed by atoms with Crippen molar-refractivity contribution in [2.45, 2.75) is 51.4 Å². The number of aliphatic carboxylic acids is 2. The minimum absolute atomic E-state index is 0. The van der Waals surface area contributed by atoms with Gasteiger partial charge in [0.05, 0.1) is 0 Å². The second kappa shape index (κ2) is 10.5. The van der Waals surface area contributed by atoms with Crippen LogP contribution in [0.4, 0.5) is 0 Å². The summed E-state index contributed by atoms with van der Waals surface area (Å²) < 4.78 is 0. The predicted molar refractivity (Wildman–Crippen MR) is 61.6 cm³/mol. The van der Waals surface area contributed by atoms with E-state index in [1.807, 2.05) is 0 Å². The Bertz CT molecular complexity index is 223. The largest absolute Gasteiger partial charge is 3.00 e. The third kappa shape index (κ3) is 8.60. The molecule has 18 heavy (non-hydrogen) atoms. The fraction of sp³-hybridized carbons (Fsp3) is 0.833. The van der Waals surface area contributed by atoms with E-state index in [0.29, 0.717) is 11.8 Å². The maximum absolute atomic E-state index is 9.89. The van der Waals surface area contributed by atoms with Crippen LogP contribution in [-0.2, 0) is 9.59 Å². The molecule has 0 heterocycles. The second-order valence-electron chi connectivity index (χ2n) is 4.75. The van der Waals surface area contributed by atoms with Gasteiger partial charge >= 0.3 is 19.8 Å². The first-order valence-electron chi connectivity index (χ1n) is 5.97. The Balaban J connectivity index is 0. The van der Waals surface area contributed by atoms with Crippen LogP contribution in [0.1, 0.15) is 51.4 Å². The second-order valence-corrected chi connectivity index (χ2v) is 4.75. The van der Waals surface area contributed by atoms with Crippen molar-refractivity contribution >= 4 is 31.7 Å². The van der Waals surface area contributed by atoms with Crippen molar-refractivity contribution in [2.75, 3.05) is 0 Å². The van der Waals surface area contributed by atoms with Gasteiger partial charge in [-0.15, -0.1) is 0 Å². The van der Waals surface area contributed by atoms with Crippen molar-refractivity contribution in [3.05, 3.63) is 0 Å². The van der Waals surface area contributed by atoms with Crippen molar-refractivity contribution < 1.29 is 25.3 Å². The zero-order valence-electron chi connectivity index (χ0n) is 10.5. The fourth-order valence-corrected chi connectivity index (χ4v) is 1.87. The van der Waals surface area contributed by atoms with E-state index in [1.54, 1.807) is 0 Å². The third-order valence-corrected chi connectivity index (χ3v) is 3.36. The minimum Gasteiger partial charge on any atom is -0.870 e. The first-order valence-corrected chi connectivity index (χ1v) is 5.97. The Morgan fingerprint density at radius 2 is 1.11 bits per heavy atom. The van der Waals surface area contributed by atoms with Gasteiger partial charge in [0.25, 0.3) is 0 Å². The summed E-state index contributed by atoms with van der Waals surface area (Å²) in [6, 6.07) is 0. The normalized spacial score (nSPS) is 17.8. The van der Waals surface area contributed by atoms with Crippen molar-refractivity contribution in [2.24, 2.45) is 11.8 Å². The van der Waals surface area contributed by atoms with Crippen LogP contribution in [0, 0.1) is 11.8 Å². The summed E-state index contributed by atoms with van der Waals surface area (Å²) in [5.74, 6) is -0.899. The van der Waals surface area contributed by atoms with Crippen LogP contribution in [0.3, 0.4) is 0 Å². The molecule has 0 amide bonds. The Morgan fingerprint density at radius 1 is 0.833 bits per heavy atom. The summed E-state index contributed by atoms with van der Waals surface area (Å²) in [5.41, 5.74) is 0. The van der Waals surface area contributed by atoms with Gasteiger partial charge in [-0.3, -0.25) is 0 Å². The van der Waals surface area contributed by atoms with Gasteiger partial charge in [-0.25, -0.2) is 0 Å². The first-order chi connectivity index (χ1) is 7.58. The summed E-state index contributed by atoms with van der Waals surface area (Å²) in [5, 5.41) is 19.8. The van der Waals surface area contributed by atoms with Crippen LogP contribution in [0.2, 0.25) is 0 Å². The number of carboxylic acids is 2. The summed E-state index contributed by atoms with van der Waals surface area (Å²) in [6.45, 7) is 0. The molecule has 1 N–H and O–H groups in total. The van der Waals surface area contributed by atoms with Crippen LogP contribution in [0.5, 0.6) is 0 Å². The summed E-state index contributed by atoms with van der Waals surface area (Å²) in [4.78, 5) is 19.8. The van der Waals surface area contributed by atoms with Crippen LogP contribution < -0.4 is 10.2 Å². The van der Waals surface area contributed by atoms with Gasteiger partial charge in [0.1, 0.15) is 0 Å². The fourth-order valence-electron chi connectivity index (χ4n) is 1.87. The van der Waals surface area contributed by atoms with Crippen LogP contribution in [0.25, 0.3) is 0 Å². The van der Waals surface area contributed by atoms with Crippen molar-refractivity contribution in [3.63, 3.8) is 0 Å². The van der Waals surface area contributed by atoms with Crippen molar-refractivity contribution in [3.8, 4) is 0 Å². The number of carbonyl (C=O) groups is 2. The summed E-state index contributed by atoms with van der Waals surface area (Å²) in [7, 11) is 0. The Hall–Kier alpha value is -0.464. The van der Waals surface area contributed by atoms with Gasteiger partial charge in [-0.2, -0.15) is 0 Å². The number of hydrogen-bond donors (Lipinski definition) is 0. The predicted octanol–water partition coefficient (Wildman–Crippen LogP) is -0.705. The average Bonchev–Trinajstić information content (AvgIpc) is 2.05. The number of carbonyl (C=O) groups excluding carboxylic acids is 2. The number of hydrogen-bond acceptors (Lipinski definition) is 5. The standard InChI is InChI=1S/2C6H10O2.Ga.H2O/c2*7-6(8)4-5-2-1-3-5;;/h2*5H,1-4H2,(H,7,8);;1H2/q;;+3;/p-3. The molecule has 0 radical (unpaired) electrons. The van der Waals surface area contributed by atoms with E-state index in [4.69, 9.17) is 0 Å². The Labute approximate surface area is 120 Å². The number of carboxylic acid groups (broad SMARTS) is 2. The van der Waals surface area contributed by atoms with Gasteiger partial charge in [-0.1, -0.05) is 38.5 Å². The van der Waals surface area contributed by atoms with Crippen molar-refractivity contribution in [1.29, 1.82) is 0 Å². The molecule has 2 aliphatic carbocycles. The molecule has 5 nitrogen and oxygen atoms in total. The van der Waals surface area contributed by atoms with Crippen LogP contribution in [0.15, 0.2) is 0 Å². The average molecular weight is 313 g/mol. The van der Waals surface area contributed by atoms with Crippen LogP contribution in [-0.4, -0.2) is 37.2 Å². The molecule has 100 valence electrons. The quantitative estimate of drug-likeness (QED) is 0.637. The van der Waals surface area contributed by atoms with E-state index in [1.165, 1.54) is 12.8 Å². The molecule has 6 heteroatoms. The van der Waals surface area contributed by atoms with Gasteiger partial charge in [0.2, 0.25) is 0 Å². The molecule has 2 aliphatic rings. The van der Waals surface area contributed by atoms with E-state index in [2.05, 4.69) is 0 Å². The van der Waals surface area contributed by atoms with Gasteiger partial charge < -0.3 is 25.3 Å². The maximum Gasteiger partial charge on any atom is 3.00 e. The van der Waals surface area contributed by atoms with Gasteiger partial charge in [0, 0.05) is 11.9 Å². The molecule has 0 unspecified atom stereocenters. The SMILES string of the molecule is O=C([O-])CC1CCC1.O=C([O-])CC1CCC1.[Ga+3].[OH-]. The van der Waals surface area contributed by atoms with E-state index in [9.17, 15) is 19.8 Å². The molecule has 0 spiro atoms. The number of rotatable bonds is 4. The van der Waals surface area contributed by atoms with Crippen molar-refractivity contribution in [1.82, 2.24) is 0 Å². The molecule has 0 atom stereocenters. The van der Waals surface area contributed by atoms with E-state index in [0.717, 1.165) is 25.7 Å². The maximum atomic E-state index is 9.89. The van der Waals surface area contributed by atoms with E-state index < -0.39 is 11.9 Å². The molecular formula is C12H19GaO5. The van der Waals surface area contributed by atoms with E-state index >= 15 is 0 Å². The molecule has 2 fully saturated rings. The van der Waals surface area contributed by atoms with Gasteiger partial charge in [0.15, 0.2) is 0 Å². The Morgan fingerprint density at radius 3 is 1.17 bits per heavy atom. The molecule has 0 aromatic heterocycles. The zero-order chi connectivity index (χ0) is 12.0. The smallest absolute Gasteiger partial charge is 0.870 e.